The number of rotatable bonds is 8. The second kappa shape index (κ2) is 7.90. The minimum atomic E-state index is -0.557. The number of carbonyl (C=O) groups is 1. The Balaban J connectivity index is 1.98. The molecule has 0 atom stereocenters. The number of nitro groups is 1. The zero-order valence-corrected chi connectivity index (χ0v) is 12.2. The molecular formula is C16H15NO6. The Kier molecular flexibility index (Phi) is 5.65. The summed E-state index contributed by atoms with van der Waals surface area (Å²) in [4.78, 5) is 21.3. The van der Waals surface area contributed by atoms with E-state index in [1.807, 2.05) is 0 Å². The molecule has 0 radical (unpaired) electrons. The van der Waals surface area contributed by atoms with Gasteiger partial charge >= 0.3 is 5.69 Å². The molecule has 0 bridgehead atoms. The summed E-state index contributed by atoms with van der Waals surface area (Å²) in [7, 11) is 0. The normalized spacial score (nSPS) is 10.1. The Labute approximate surface area is 132 Å². The Bertz CT molecular complexity index is 701. The van der Waals surface area contributed by atoms with Crippen LogP contribution in [-0.4, -0.2) is 29.5 Å². The molecule has 0 unspecified atom stereocenters. The van der Waals surface area contributed by atoms with Gasteiger partial charge in [-0.05, 0) is 29.8 Å². The van der Waals surface area contributed by atoms with Crippen molar-refractivity contribution in [3.63, 3.8) is 0 Å². The van der Waals surface area contributed by atoms with Gasteiger partial charge in [-0.25, -0.2) is 0 Å². The first-order valence-electron chi connectivity index (χ1n) is 6.83. The van der Waals surface area contributed by atoms with Crippen molar-refractivity contribution in [2.45, 2.75) is 6.61 Å². The van der Waals surface area contributed by atoms with Crippen LogP contribution in [-0.2, 0) is 6.61 Å². The summed E-state index contributed by atoms with van der Waals surface area (Å²) < 4.78 is 10.8. The lowest BCUT2D eigenvalue weighted by atomic mass is 10.2. The van der Waals surface area contributed by atoms with Crippen LogP contribution in [0, 0.1) is 10.1 Å². The van der Waals surface area contributed by atoms with Crippen LogP contribution in [0.4, 0.5) is 5.69 Å². The van der Waals surface area contributed by atoms with E-state index in [2.05, 4.69) is 0 Å². The van der Waals surface area contributed by atoms with Gasteiger partial charge in [0.15, 0.2) is 12.0 Å². The van der Waals surface area contributed by atoms with Gasteiger partial charge in [0.25, 0.3) is 0 Å². The Hall–Kier alpha value is -2.93. The number of carbonyl (C=O) groups excluding carboxylic acids is 1. The van der Waals surface area contributed by atoms with Crippen molar-refractivity contribution in [3.05, 3.63) is 63.7 Å². The molecule has 0 aliphatic carbocycles. The fourth-order valence-electron chi connectivity index (χ4n) is 1.94. The molecule has 7 heteroatoms. The lowest BCUT2D eigenvalue weighted by Crippen LogP contribution is -2.11. The fraction of sp³-hybridized carbons (Fsp3) is 0.188. The Morgan fingerprint density at radius 2 is 1.78 bits per heavy atom. The molecule has 2 rings (SSSR count). The van der Waals surface area contributed by atoms with Gasteiger partial charge < -0.3 is 14.6 Å². The summed E-state index contributed by atoms with van der Waals surface area (Å²) >= 11 is 0. The molecule has 23 heavy (non-hydrogen) atoms. The van der Waals surface area contributed by atoms with Crippen molar-refractivity contribution >= 4 is 12.0 Å². The molecule has 0 heterocycles. The van der Waals surface area contributed by atoms with Crippen LogP contribution < -0.4 is 9.47 Å². The summed E-state index contributed by atoms with van der Waals surface area (Å²) in [5.74, 6) is 0.485. The number of nitro benzene ring substituents is 1. The molecule has 2 aromatic carbocycles. The summed E-state index contributed by atoms with van der Waals surface area (Å²) in [5, 5.41) is 20.0. The highest BCUT2D eigenvalue weighted by Gasteiger charge is 2.15. The predicted octanol–water partition coefficient (Wildman–Crippen LogP) is 2.36. The average Bonchev–Trinajstić information content (AvgIpc) is 2.58. The third-order valence-corrected chi connectivity index (χ3v) is 3.05. The van der Waals surface area contributed by atoms with Crippen molar-refractivity contribution in [3.8, 4) is 11.5 Å². The second-order valence-electron chi connectivity index (χ2n) is 4.57. The highest BCUT2D eigenvalue weighted by Crippen LogP contribution is 2.28. The summed E-state index contributed by atoms with van der Waals surface area (Å²) in [6.45, 7) is -0.0637. The van der Waals surface area contributed by atoms with Crippen LogP contribution in [0.1, 0.15) is 15.9 Å². The van der Waals surface area contributed by atoms with E-state index in [-0.39, 0.29) is 31.3 Å². The van der Waals surface area contributed by atoms with E-state index in [0.717, 1.165) is 0 Å². The van der Waals surface area contributed by atoms with Crippen molar-refractivity contribution < 1.29 is 24.3 Å². The summed E-state index contributed by atoms with van der Waals surface area (Å²) in [6, 6.07) is 10.9. The maximum absolute atomic E-state index is 11.0. The molecule has 0 spiro atoms. The van der Waals surface area contributed by atoms with Gasteiger partial charge in [0.2, 0.25) is 0 Å². The summed E-state index contributed by atoms with van der Waals surface area (Å²) in [5.41, 5.74) is 0.745. The SMILES string of the molecule is O=Cc1ccccc1OCCOc1cc(CO)ccc1[N+](=O)[O-]. The number of hydrogen-bond acceptors (Lipinski definition) is 6. The van der Waals surface area contributed by atoms with Crippen molar-refractivity contribution in [2.24, 2.45) is 0 Å². The predicted molar refractivity (Wildman–Crippen MR) is 81.8 cm³/mol. The van der Waals surface area contributed by atoms with Crippen molar-refractivity contribution in [1.82, 2.24) is 0 Å². The number of nitrogens with zero attached hydrogens (tertiary/aromatic N) is 1. The lowest BCUT2D eigenvalue weighted by Gasteiger charge is -2.10. The molecule has 0 saturated heterocycles. The van der Waals surface area contributed by atoms with Gasteiger partial charge in [0, 0.05) is 6.07 Å². The molecule has 0 aromatic heterocycles. The van der Waals surface area contributed by atoms with Crippen molar-refractivity contribution in [1.29, 1.82) is 0 Å². The van der Waals surface area contributed by atoms with Crippen LogP contribution in [0.5, 0.6) is 11.5 Å². The van der Waals surface area contributed by atoms with Gasteiger partial charge in [-0.15, -0.1) is 0 Å². The molecular weight excluding hydrogens is 302 g/mol. The maximum Gasteiger partial charge on any atom is 0.310 e. The van der Waals surface area contributed by atoms with Crippen LogP contribution in [0.25, 0.3) is 0 Å². The molecule has 2 aromatic rings. The smallest absolute Gasteiger partial charge is 0.310 e. The minimum absolute atomic E-state index is 0.0584. The minimum Gasteiger partial charge on any atom is -0.489 e. The number of aliphatic hydroxyl groups excluding tert-OH is 1. The van der Waals surface area contributed by atoms with Gasteiger partial charge in [0.05, 0.1) is 17.1 Å². The molecule has 0 aliphatic rings. The number of benzene rings is 2. The first-order valence-corrected chi connectivity index (χ1v) is 6.83. The maximum atomic E-state index is 11.0. The van der Waals surface area contributed by atoms with E-state index in [1.54, 1.807) is 24.3 Å². The molecule has 0 saturated carbocycles. The molecule has 0 aliphatic heterocycles. The van der Waals surface area contributed by atoms with Crippen LogP contribution in [0.3, 0.4) is 0 Å². The molecule has 0 amide bonds. The van der Waals surface area contributed by atoms with Crippen LogP contribution >= 0.6 is 0 Å². The number of ether oxygens (including phenoxy) is 2. The largest absolute Gasteiger partial charge is 0.489 e. The average molecular weight is 317 g/mol. The molecule has 1 N–H and O–H groups in total. The summed E-state index contributed by atoms with van der Waals surface area (Å²) in [6.07, 6.45) is 0.686. The van der Waals surface area contributed by atoms with E-state index in [4.69, 9.17) is 14.6 Å². The van der Waals surface area contributed by atoms with Crippen molar-refractivity contribution in [2.75, 3.05) is 13.2 Å². The monoisotopic (exact) mass is 317 g/mol. The third kappa shape index (κ3) is 4.27. The third-order valence-electron chi connectivity index (χ3n) is 3.05. The lowest BCUT2D eigenvalue weighted by molar-refractivity contribution is -0.385. The van der Waals surface area contributed by atoms with Crippen LogP contribution in [0.15, 0.2) is 42.5 Å². The van der Waals surface area contributed by atoms with E-state index >= 15 is 0 Å². The number of para-hydroxylation sites is 1. The number of hydrogen-bond donors (Lipinski definition) is 1. The second-order valence-corrected chi connectivity index (χ2v) is 4.57. The fourth-order valence-corrected chi connectivity index (χ4v) is 1.94. The Morgan fingerprint density at radius 1 is 1.09 bits per heavy atom. The standard InChI is InChI=1S/C16H15NO6/c18-10-12-5-6-14(17(20)21)16(9-12)23-8-7-22-15-4-2-1-3-13(15)11-19/h1-6,9,11,18H,7-8,10H2. The zero-order valence-electron chi connectivity index (χ0n) is 12.2. The number of aliphatic hydroxyl groups is 1. The number of aldehydes is 1. The van der Waals surface area contributed by atoms with Gasteiger partial charge in [-0.2, -0.15) is 0 Å². The van der Waals surface area contributed by atoms with E-state index in [0.29, 0.717) is 23.2 Å². The first kappa shape index (κ1) is 16.4. The Morgan fingerprint density at radius 3 is 2.43 bits per heavy atom. The quantitative estimate of drug-likeness (QED) is 0.347. The van der Waals surface area contributed by atoms with Gasteiger partial charge in [-0.3, -0.25) is 14.9 Å². The topological polar surface area (TPSA) is 98.9 Å². The zero-order chi connectivity index (χ0) is 16.7. The van der Waals surface area contributed by atoms with E-state index in [1.165, 1.54) is 18.2 Å². The van der Waals surface area contributed by atoms with E-state index in [9.17, 15) is 14.9 Å². The van der Waals surface area contributed by atoms with E-state index < -0.39 is 4.92 Å². The molecule has 7 nitrogen and oxygen atoms in total. The first-order chi connectivity index (χ1) is 11.2. The highest BCUT2D eigenvalue weighted by atomic mass is 16.6. The highest BCUT2D eigenvalue weighted by molar-refractivity contribution is 5.79. The van der Waals surface area contributed by atoms with Crippen LogP contribution in [0.2, 0.25) is 0 Å². The van der Waals surface area contributed by atoms with Gasteiger partial charge in [0.1, 0.15) is 19.0 Å². The van der Waals surface area contributed by atoms with Gasteiger partial charge in [-0.1, -0.05) is 12.1 Å². The molecule has 0 fully saturated rings. The molecule has 120 valence electrons.